The molecule has 500 valence electrons. The van der Waals surface area contributed by atoms with Gasteiger partial charge in [0.2, 0.25) is 29.5 Å². The van der Waals surface area contributed by atoms with Crippen LogP contribution in [0.2, 0.25) is 5.02 Å². The molecule has 0 bridgehead atoms. The lowest BCUT2D eigenvalue weighted by Gasteiger charge is -2.40. The Bertz CT molecular complexity index is 2970. The Morgan fingerprint density at radius 2 is 1.52 bits per heavy atom. The highest BCUT2D eigenvalue weighted by molar-refractivity contribution is 6.31. The summed E-state index contributed by atoms with van der Waals surface area (Å²) in [4.78, 5) is 151. The molecule has 3 fully saturated rings. The molecular weight excluding hydrogens is 1200 g/mol. The average Bonchev–Trinajstić information content (AvgIpc) is 1.68. The van der Waals surface area contributed by atoms with E-state index in [0.717, 1.165) is 16.7 Å². The summed E-state index contributed by atoms with van der Waals surface area (Å²) < 4.78 is 23.4. The minimum Gasteiger partial charge on any atom is -0.460 e. The molecule has 0 radical (unpaired) electrons. The number of aliphatic hydroxyl groups is 2. The van der Waals surface area contributed by atoms with E-state index in [9.17, 15) is 63.0 Å². The molecule has 7 N–H and O–H groups in total. The third-order valence-electron chi connectivity index (χ3n) is 17.1. The zero-order valence-electron chi connectivity index (χ0n) is 53.7. The average molecular weight is 1290 g/mol. The number of hydroxylamine groups is 2. The highest BCUT2D eigenvalue weighted by Gasteiger charge is 2.48. The van der Waals surface area contributed by atoms with E-state index in [2.05, 4.69) is 26.6 Å². The van der Waals surface area contributed by atoms with Gasteiger partial charge in [-0.15, -0.1) is 5.06 Å². The predicted molar refractivity (Wildman–Crippen MR) is 330 cm³/mol. The molecule has 0 spiro atoms. The Kier molecular flexibility index (Phi) is 27.0. The monoisotopic (exact) mass is 1290 g/mol. The Morgan fingerprint density at radius 1 is 0.835 bits per heavy atom. The first-order valence-electron chi connectivity index (χ1n) is 31.4. The number of imide groups is 1. The van der Waals surface area contributed by atoms with Gasteiger partial charge in [0, 0.05) is 101 Å². The molecule has 0 aliphatic carbocycles. The fourth-order valence-corrected chi connectivity index (χ4v) is 11.3. The van der Waals surface area contributed by atoms with Gasteiger partial charge in [-0.3, -0.25) is 43.2 Å². The van der Waals surface area contributed by atoms with Crippen molar-refractivity contribution in [1.29, 1.82) is 0 Å². The third kappa shape index (κ3) is 21.3. The van der Waals surface area contributed by atoms with E-state index in [1.165, 1.54) is 13.2 Å². The van der Waals surface area contributed by atoms with E-state index in [1.807, 2.05) is 64.1 Å². The van der Waals surface area contributed by atoms with Crippen molar-refractivity contribution in [3.05, 3.63) is 81.9 Å². The number of rotatable bonds is 27. The highest BCUT2D eigenvalue weighted by atomic mass is 35.5. The molecule has 25 heteroatoms. The number of benzene rings is 2. The maximum Gasteiger partial charge on any atom is 0.333 e. The fraction of sp³-hybridized carbons (Fsp3) is 0.621. The van der Waals surface area contributed by atoms with E-state index in [-0.39, 0.29) is 108 Å². The number of Topliss-reactive ketones (excluding diaryl/α,β-unsaturated/α-hetero) is 2. The van der Waals surface area contributed by atoms with Gasteiger partial charge in [-0.25, -0.2) is 9.59 Å². The summed E-state index contributed by atoms with van der Waals surface area (Å²) in [5.74, 6) is -8.69. The van der Waals surface area contributed by atoms with Gasteiger partial charge in [-0.05, 0) is 92.7 Å². The molecule has 4 heterocycles. The number of esters is 1. The van der Waals surface area contributed by atoms with Gasteiger partial charge in [0.15, 0.2) is 12.1 Å². The summed E-state index contributed by atoms with van der Waals surface area (Å²) in [5.41, 5.74) is 1.95. The van der Waals surface area contributed by atoms with Crippen LogP contribution in [0.5, 0.6) is 0 Å². The second-order valence-electron chi connectivity index (χ2n) is 25.8. The van der Waals surface area contributed by atoms with Crippen LogP contribution in [0, 0.1) is 41.9 Å². The summed E-state index contributed by atoms with van der Waals surface area (Å²) in [6, 6.07) is 9.70. The number of epoxide rings is 1. The number of nitrogens with one attached hydrogen (secondary N) is 5. The molecule has 13 atom stereocenters. The minimum absolute atomic E-state index is 0.0172. The standard InChI is InChI=1S/C66H91ClN6O18/c1-35(2)29-46-63(85)88-49(13-11-14-52(77)70-45(31-41-18-17-37(5)44(67)30-41)62(84)69-34-66(8,9)65(86)71-46)38(6)60-61(90-60)42-22-19-40(20-23-42)21-25-47(74)43(24-26-51(76)68-33-50-58(82)39(7)59(83)64(87-10)89-50)32-48(75)57(36(3)4)72-53(78)15-12-16-56(81)91-73-54(79)27-28-55(73)80/h11,14,17-20,22-23,30,35-36,38-39,43,45-46,49-50,57-61,64,82-83H,12-13,15-16,21,24-29,31-34H2,1-10H3,(H,68,76)(H,69,84)(H,70,77)(H,71,86)(H,72,78)/b14-11+/t38-,39-,43+,45+,46-,49-,50+,57-,58-,59+,60+,61+,64+/m0/s1. The molecule has 24 nitrogen and oxygen atoms in total. The molecule has 2 aromatic rings. The van der Waals surface area contributed by atoms with Crippen LogP contribution in [-0.2, 0) is 89.4 Å². The van der Waals surface area contributed by atoms with Gasteiger partial charge in [0.05, 0.1) is 23.7 Å². The number of nitrogens with zero attached hydrogens (tertiary/aromatic N) is 1. The van der Waals surface area contributed by atoms with E-state index >= 15 is 0 Å². The lowest BCUT2D eigenvalue weighted by molar-refractivity contribution is -0.273. The predicted octanol–water partition coefficient (Wildman–Crippen LogP) is 4.62. The number of carbonyl (C=O) groups excluding carboxylic acids is 11. The van der Waals surface area contributed by atoms with Gasteiger partial charge >= 0.3 is 11.9 Å². The second-order valence-corrected chi connectivity index (χ2v) is 26.2. The zero-order chi connectivity index (χ0) is 67.0. The zero-order valence-corrected chi connectivity index (χ0v) is 54.5. The van der Waals surface area contributed by atoms with Crippen molar-refractivity contribution in [1.82, 2.24) is 31.6 Å². The number of hydrogen-bond acceptors (Lipinski definition) is 18. The van der Waals surface area contributed by atoms with Crippen LogP contribution in [0.25, 0.3) is 0 Å². The molecule has 0 saturated carbocycles. The maximum absolute atomic E-state index is 14.3. The van der Waals surface area contributed by atoms with Crippen LogP contribution < -0.4 is 26.6 Å². The van der Waals surface area contributed by atoms with E-state index in [0.29, 0.717) is 15.6 Å². The Labute approximate surface area is 536 Å². The third-order valence-corrected chi connectivity index (χ3v) is 17.6. The van der Waals surface area contributed by atoms with Gasteiger partial charge < -0.3 is 60.6 Å². The largest absolute Gasteiger partial charge is 0.460 e. The SMILES string of the molecule is CO[C@@H]1O[C@H](CNC(=O)CC[C@H](CC(=O)[C@@H](NC(=O)CCCC(=O)ON2C(=O)CCC2=O)C(C)C)C(=O)CCc2ccc([C@H]3O[C@@H]3[C@@H](C)[C@@H]3C/C=C/C(=O)N[C@H](Cc4ccc(C)c(Cl)c4)C(=O)NCC(C)(C)C(=O)N[C@@H](CC(C)C)C(=O)O3)cc2)[C@@H](O)[C@H](C)[C@H]1O. The minimum atomic E-state index is -1.19. The summed E-state index contributed by atoms with van der Waals surface area (Å²) in [7, 11) is 1.34. The number of cyclic esters (lactones) is 1. The molecule has 7 amide bonds. The number of halogens is 1. The lowest BCUT2D eigenvalue weighted by Crippen LogP contribution is -2.56. The lowest BCUT2D eigenvalue weighted by atomic mass is 9.85. The smallest absolute Gasteiger partial charge is 0.333 e. The first-order valence-corrected chi connectivity index (χ1v) is 31.8. The molecule has 91 heavy (non-hydrogen) atoms. The summed E-state index contributed by atoms with van der Waals surface area (Å²) >= 11 is 6.42. The molecule has 0 aromatic heterocycles. The Hall–Kier alpha value is -6.96. The molecule has 4 aliphatic rings. The van der Waals surface area contributed by atoms with E-state index < -0.39 is 149 Å². The van der Waals surface area contributed by atoms with Crippen molar-refractivity contribution in [2.45, 2.75) is 207 Å². The maximum atomic E-state index is 14.3. The highest BCUT2D eigenvalue weighted by Crippen LogP contribution is 2.45. The van der Waals surface area contributed by atoms with Gasteiger partial charge in [-0.2, -0.15) is 0 Å². The Balaban J connectivity index is 1.12. The van der Waals surface area contributed by atoms with Crippen LogP contribution in [0.3, 0.4) is 0 Å². The number of methoxy groups -OCH3 is 1. The topological polar surface area (TPSA) is 341 Å². The number of amides is 7. The van der Waals surface area contributed by atoms with Gasteiger partial charge in [0.1, 0.15) is 42.3 Å². The van der Waals surface area contributed by atoms with E-state index in [1.54, 1.807) is 46.8 Å². The summed E-state index contributed by atoms with van der Waals surface area (Å²) in [5, 5.41) is 36.1. The molecule has 4 aliphatic heterocycles. The van der Waals surface area contributed by atoms with Crippen molar-refractivity contribution in [3.63, 3.8) is 0 Å². The number of carbonyl (C=O) groups is 11. The fourth-order valence-electron chi connectivity index (χ4n) is 11.1. The number of aliphatic hydroxyl groups excluding tert-OH is 2. The van der Waals surface area contributed by atoms with Crippen LogP contribution in [0.4, 0.5) is 0 Å². The van der Waals surface area contributed by atoms with Crippen molar-refractivity contribution < 1.29 is 86.7 Å². The first-order chi connectivity index (χ1) is 43.0. The van der Waals surface area contributed by atoms with E-state index in [4.69, 9.17) is 35.4 Å². The molecule has 6 rings (SSSR count). The van der Waals surface area contributed by atoms with Crippen LogP contribution in [-0.4, -0.2) is 155 Å². The molecule has 3 saturated heterocycles. The summed E-state index contributed by atoms with van der Waals surface area (Å²) in [6.45, 7) is 15.7. The first kappa shape index (κ1) is 73.1. The van der Waals surface area contributed by atoms with Crippen molar-refractivity contribution in [2.75, 3.05) is 20.2 Å². The number of aryl methyl sites for hydroxylation is 2. The van der Waals surface area contributed by atoms with Crippen LogP contribution in [0.15, 0.2) is 54.6 Å². The number of ketones is 2. The van der Waals surface area contributed by atoms with Crippen LogP contribution in [0.1, 0.15) is 154 Å². The normalized spacial score (nSPS) is 26.2. The quantitative estimate of drug-likeness (QED) is 0.0364. The van der Waals surface area contributed by atoms with Crippen molar-refractivity contribution >= 4 is 76.5 Å². The van der Waals surface area contributed by atoms with Crippen LogP contribution >= 0.6 is 11.6 Å². The second kappa shape index (κ2) is 33.6. The number of ether oxygens (including phenoxy) is 4. The van der Waals surface area contributed by atoms with Gasteiger partial charge in [0.25, 0.3) is 11.8 Å². The van der Waals surface area contributed by atoms with Gasteiger partial charge in [-0.1, -0.05) is 95.6 Å². The molecule has 2 aromatic carbocycles. The molecular formula is C66H91ClN6O18. The summed E-state index contributed by atoms with van der Waals surface area (Å²) in [6.07, 6.45) is -3.54. The van der Waals surface area contributed by atoms with Crippen molar-refractivity contribution in [2.24, 2.45) is 35.0 Å². The Morgan fingerprint density at radius 3 is 2.16 bits per heavy atom. The van der Waals surface area contributed by atoms with Crippen molar-refractivity contribution in [3.8, 4) is 0 Å². The number of hydrogen-bond donors (Lipinski definition) is 7. The molecule has 0 unspecified atom stereocenters.